The molecule has 1 unspecified atom stereocenters. The average molecular weight is 527 g/mol. The number of hydrogen-bond acceptors (Lipinski definition) is 5. The van der Waals surface area contributed by atoms with E-state index in [-0.39, 0.29) is 30.0 Å². The molecule has 1 aliphatic rings. The average Bonchev–Trinajstić information content (AvgIpc) is 3.17. The fourth-order valence-electron chi connectivity index (χ4n) is 3.78. The zero-order chi connectivity index (χ0) is 20.8. The summed E-state index contributed by atoms with van der Waals surface area (Å²) in [7, 11) is 9.71. The van der Waals surface area contributed by atoms with E-state index in [2.05, 4.69) is 62.5 Å². The van der Waals surface area contributed by atoms with Gasteiger partial charge in [-0.2, -0.15) is 5.10 Å². The minimum Gasteiger partial charge on any atom is -0.495 e. The van der Waals surface area contributed by atoms with Gasteiger partial charge >= 0.3 is 0 Å². The number of halogens is 1. The first-order chi connectivity index (χ1) is 14.0. The predicted molar refractivity (Wildman–Crippen MR) is 133 cm³/mol. The normalized spacial score (nSPS) is 15.7. The number of benzene rings is 1. The second kappa shape index (κ2) is 11.4. The SMILES string of the molecule is CN=C(NCC(c1cnn(C)c1)N(C)C)N1CCN(c2ccccc2OC)CC1.I. The van der Waals surface area contributed by atoms with Crippen LogP contribution in [-0.4, -0.2) is 86.5 Å². The van der Waals surface area contributed by atoms with Gasteiger partial charge in [-0.15, -0.1) is 24.0 Å². The van der Waals surface area contributed by atoms with E-state index >= 15 is 0 Å². The van der Waals surface area contributed by atoms with Crippen molar-refractivity contribution in [3.8, 4) is 5.75 Å². The van der Waals surface area contributed by atoms with E-state index < -0.39 is 0 Å². The summed E-state index contributed by atoms with van der Waals surface area (Å²) in [5.41, 5.74) is 2.35. The molecule has 1 saturated heterocycles. The van der Waals surface area contributed by atoms with Gasteiger partial charge in [-0.1, -0.05) is 12.1 Å². The molecular weight excluding hydrogens is 493 g/mol. The van der Waals surface area contributed by atoms with Crippen LogP contribution in [0.1, 0.15) is 11.6 Å². The number of methoxy groups -OCH3 is 1. The van der Waals surface area contributed by atoms with Crippen LogP contribution in [0.5, 0.6) is 5.75 Å². The topological polar surface area (TPSA) is 61.2 Å². The van der Waals surface area contributed by atoms with Gasteiger partial charge in [-0.25, -0.2) is 0 Å². The molecule has 8 nitrogen and oxygen atoms in total. The summed E-state index contributed by atoms with van der Waals surface area (Å²) in [6, 6.07) is 8.44. The van der Waals surface area contributed by atoms with Crippen LogP contribution in [-0.2, 0) is 7.05 Å². The summed E-state index contributed by atoms with van der Waals surface area (Å²) in [4.78, 5) is 11.4. The van der Waals surface area contributed by atoms with Crippen molar-refractivity contribution in [2.75, 3.05) is 65.9 Å². The van der Waals surface area contributed by atoms with Crippen LogP contribution in [0.3, 0.4) is 0 Å². The van der Waals surface area contributed by atoms with Gasteiger partial charge in [0.25, 0.3) is 0 Å². The van der Waals surface area contributed by atoms with Crippen LogP contribution in [0.2, 0.25) is 0 Å². The van der Waals surface area contributed by atoms with Crippen LogP contribution in [0.4, 0.5) is 5.69 Å². The first kappa shape index (κ1) is 24.3. The fourth-order valence-corrected chi connectivity index (χ4v) is 3.78. The van der Waals surface area contributed by atoms with Crippen molar-refractivity contribution in [1.82, 2.24) is 24.9 Å². The molecule has 0 radical (unpaired) electrons. The zero-order valence-corrected chi connectivity index (χ0v) is 20.9. The van der Waals surface area contributed by atoms with Crippen LogP contribution < -0.4 is 15.0 Å². The number of aliphatic imine (C=N–C) groups is 1. The first-order valence-corrected chi connectivity index (χ1v) is 10.0. The number of rotatable bonds is 6. The standard InChI is InChI=1S/C21H33N7O.HI/c1-22-21(23-15-19(25(2)3)17-14-24-26(4)16-17)28-12-10-27(11-13-28)18-8-6-7-9-20(18)29-5;/h6-9,14,16,19H,10-13,15H2,1-5H3,(H,22,23);1H. The van der Waals surface area contributed by atoms with Crippen LogP contribution >= 0.6 is 24.0 Å². The molecule has 0 amide bonds. The molecule has 2 aromatic rings. The van der Waals surface area contributed by atoms with E-state index in [9.17, 15) is 0 Å². The van der Waals surface area contributed by atoms with Crippen LogP contribution in [0.25, 0.3) is 0 Å². The lowest BCUT2D eigenvalue weighted by molar-refractivity contribution is 0.292. The second-order valence-corrected chi connectivity index (χ2v) is 7.50. The summed E-state index contributed by atoms with van der Waals surface area (Å²) in [6.07, 6.45) is 4.00. The van der Waals surface area contributed by atoms with Gasteiger partial charge in [0.2, 0.25) is 0 Å². The lowest BCUT2D eigenvalue weighted by atomic mass is 10.1. The molecule has 1 atom stereocenters. The molecule has 1 fully saturated rings. The van der Waals surface area contributed by atoms with E-state index in [0.29, 0.717) is 0 Å². The number of nitrogens with one attached hydrogen (secondary N) is 1. The molecule has 1 N–H and O–H groups in total. The number of aryl methyl sites for hydroxylation is 1. The van der Waals surface area contributed by atoms with Crippen molar-refractivity contribution >= 4 is 35.6 Å². The summed E-state index contributed by atoms with van der Waals surface area (Å²) in [5, 5.41) is 7.87. The third kappa shape index (κ3) is 5.78. The predicted octanol–water partition coefficient (Wildman–Crippen LogP) is 2.05. The van der Waals surface area contributed by atoms with Crippen molar-refractivity contribution < 1.29 is 4.74 Å². The summed E-state index contributed by atoms with van der Waals surface area (Å²) in [6.45, 7) is 4.47. The molecule has 9 heteroatoms. The van der Waals surface area contributed by atoms with Gasteiger partial charge in [0.1, 0.15) is 5.75 Å². The number of para-hydroxylation sites is 2. The third-order valence-corrected chi connectivity index (χ3v) is 5.40. The number of guanidine groups is 1. The third-order valence-electron chi connectivity index (χ3n) is 5.40. The van der Waals surface area contributed by atoms with Crippen molar-refractivity contribution in [2.24, 2.45) is 12.0 Å². The number of nitrogens with zero attached hydrogens (tertiary/aromatic N) is 6. The molecule has 1 aliphatic heterocycles. The van der Waals surface area contributed by atoms with E-state index in [1.54, 1.807) is 7.11 Å². The molecular formula is C21H34IN7O. The molecule has 0 aliphatic carbocycles. The molecule has 0 spiro atoms. The van der Waals surface area contributed by atoms with E-state index in [1.807, 2.05) is 37.1 Å². The Labute approximate surface area is 196 Å². The van der Waals surface area contributed by atoms with Gasteiger partial charge < -0.3 is 24.8 Å². The Morgan fingerprint density at radius 1 is 1.23 bits per heavy atom. The Hall–Kier alpha value is -2.01. The Balaban J connectivity index is 0.00000320. The lowest BCUT2D eigenvalue weighted by Crippen LogP contribution is -2.53. The monoisotopic (exact) mass is 527 g/mol. The number of piperazine rings is 1. The molecule has 2 heterocycles. The van der Waals surface area contributed by atoms with Crippen LogP contribution in [0, 0.1) is 0 Å². The molecule has 3 rings (SSSR count). The Kier molecular flexibility index (Phi) is 9.22. The highest BCUT2D eigenvalue weighted by atomic mass is 127. The number of anilines is 1. The summed E-state index contributed by atoms with van der Waals surface area (Å²) in [5.74, 6) is 1.87. The van der Waals surface area contributed by atoms with Gasteiger partial charge in [-0.3, -0.25) is 9.67 Å². The zero-order valence-electron chi connectivity index (χ0n) is 18.6. The van der Waals surface area contributed by atoms with Gasteiger partial charge in [0.15, 0.2) is 5.96 Å². The van der Waals surface area contributed by atoms with Crippen molar-refractivity contribution in [1.29, 1.82) is 0 Å². The van der Waals surface area contributed by atoms with Crippen LogP contribution in [0.15, 0.2) is 41.7 Å². The Morgan fingerprint density at radius 3 is 2.50 bits per heavy atom. The summed E-state index contributed by atoms with van der Waals surface area (Å²) < 4.78 is 7.37. The van der Waals surface area contributed by atoms with Crippen molar-refractivity contribution in [3.05, 3.63) is 42.2 Å². The maximum Gasteiger partial charge on any atom is 0.193 e. The maximum absolute atomic E-state index is 5.52. The molecule has 30 heavy (non-hydrogen) atoms. The fraction of sp³-hybridized carbons (Fsp3) is 0.524. The van der Waals surface area contributed by atoms with Gasteiger partial charge in [-0.05, 0) is 26.2 Å². The summed E-state index contributed by atoms with van der Waals surface area (Å²) >= 11 is 0. The second-order valence-electron chi connectivity index (χ2n) is 7.50. The molecule has 0 saturated carbocycles. The quantitative estimate of drug-likeness (QED) is 0.353. The highest BCUT2D eigenvalue weighted by molar-refractivity contribution is 14.0. The molecule has 1 aromatic heterocycles. The van der Waals surface area contributed by atoms with Crippen molar-refractivity contribution in [2.45, 2.75) is 6.04 Å². The highest BCUT2D eigenvalue weighted by Gasteiger charge is 2.23. The number of hydrogen-bond donors (Lipinski definition) is 1. The molecule has 1 aromatic carbocycles. The molecule has 166 valence electrons. The largest absolute Gasteiger partial charge is 0.495 e. The number of aromatic nitrogens is 2. The van der Waals surface area contributed by atoms with Gasteiger partial charge in [0.05, 0.1) is 25.0 Å². The first-order valence-electron chi connectivity index (χ1n) is 10.0. The van der Waals surface area contributed by atoms with E-state index in [1.165, 1.54) is 5.56 Å². The molecule has 0 bridgehead atoms. The van der Waals surface area contributed by atoms with Gasteiger partial charge in [0, 0.05) is 58.6 Å². The Bertz CT molecular complexity index is 815. The van der Waals surface area contributed by atoms with Crippen molar-refractivity contribution in [3.63, 3.8) is 0 Å². The number of likely N-dealkylation sites (N-methyl/N-ethyl adjacent to an activating group) is 1. The minimum atomic E-state index is 0. The number of ether oxygens (including phenoxy) is 1. The van der Waals surface area contributed by atoms with E-state index in [0.717, 1.165) is 50.1 Å². The van der Waals surface area contributed by atoms with E-state index in [4.69, 9.17) is 4.74 Å². The smallest absolute Gasteiger partial charge is 0.193 e. The lowest BCUT2D eigenvalue weighted by Gasteiger charge is -2.38. The maximum atomic E-state index is 5.52. The highest BCUT2D eigenvalue weighted by Crippen LogP contribution is 2.28. The minimum absolute atomic E-state index is 0. The Morgan fingerprint density at radius 2 is 1.93 bits per heavy atom.